The van der Waals surface area contributed by atoms with Crippen molar-refractivity contribution in [2.45, 2.75) is 26.7 Å². The summed E-state index contributed by atoms with van der Waals surface area (Å²) >= 11 is 0. The van der Waals surface area contributed by atoms with Gasteiger partial charge >= 0.3 is 21.7 Å². The summed E-state index contributed by atoms with van der Waals surface area (Å²) in [4.78, 5) is 0. The summed E-state index contributed by atoms with van der Waals surface area (Å²) in [5.74, 6) is 0. The molecular weight excluding hydrogens is 187 g/mol. The average molecular weight is 201 g/mol. The van der Waals surface area contributed by atoms with Crippen LogP contribution in [0.3, 0.4) is 0 Å². The predicted octanol–water partition coefficient (Wildman–Crippen LogP) is -3.49. The van der Waals surface area contributed by atoms with Gasteiger partial charge in [-0.25, -0.2) is 0 Å². The Hall–Kier alpha value is 0.924. The maximum atomic E-state index is 9.30. The molecule has 61 valence electrons. The molecule has 0 fully saturated rings. The summed E-state index contributed by atoms with van der Waals surface area (Å²) in [6.07, 6.45) is 1.53. The third-order valence-corrected chi connectivity index (χ3v) is 0.408. The van der Waals surface area contributed by atoms with E-state index in [1.807, 2.05) is 13.8 Å². The van der Waals surface area contributed by atoms with E-state index in [0.29, 0.717) is 0 Å². The Morgan fingerprint density at radius 3 is 1.00 bits per heavy atom. The molecule has 0 heterocycles. The number of hydrogen-bond acceptors (Lipinski definition) is 2. The minimum absolute atomic E-state index is 0. The van der Waals surface area contributed by atoms with E-state index in [9.17, 15) is 10.2 Å². The van der Waals surface area contributed by atoms with Gasteiger partial charge in [0.1, 0.15) is 0 Å². The Balaban J connectivity index is -0.0000000300. The van der Waals surface area contributed by atoms with E-state index in [0.717, 1.165) is 12.8 Å². The Bertz CT molecular complexity index is 23.7. The summed E-state index contributed by atoms with van der Waals surface area (Å²) in [6.45, 7) is 3.88. The molecule has 0 aromatic rings. The number of rotatable bonds is 2. The second-order valence-corrected chi connectivity index (χ2v) is 1.41. The van der Waals surface area contributed by atoms with Gasteiger partial charge in [0.25, 0.3) is 0 Å². The molecule has 4 heteroatoms. The molecule has 0 aromatic heterocycles. The van der Waals surface area contributed by atoms with Gasteiger partial charge in [-0.05, 0) is 0 Å². The fourth-order valence-corrected chi connectivity index (χ4v) is 0. The SMILES string of the molecule is CCC[O-].CCC[O-].[Cl-].[Ti+3]. The van der Waals surface area contributed by atoms with Gasteiger partial charge in [0.15, 0.2) is 0 Å². The Kier molecular flexibility index (Phi) is 73.1. The first kappa shape index (κ1) is 22.4. The van der Waals surface area contributed by atoms with Crippen LogP contribution >= 0.6 is 0 Å². The molecule has 1 radical (unpaired) electrons. The van der Waals surface area contributed by atoms with Crippen molar-refractivity contribution >= 4 is 0 Å². The molecule has 0 unspecified atom stereocenters. The standard InChI is InChI=1S/2C3H7O.ClH.Ti/c2*1-2-3-4;;/h2*2-3H2,1H3;1H;/q2*-1;;+3/p-1. The van der Waals surface area contributed by atoms with Gasteiger partial charge in [-0.2, -0.15) is 0 Å². The maximum absolute atomic E-state index is 9.30. The third-order valence-electron chi connectivity index (χ3n) is 0.408. The van der Waals surface area contributed by atoms with Crippen LogP contribution in [0.2, 0.25) is 0 Å². The first-order valence-corrected chi connectivity index (χ1v) is 2.99. The van der Waals surface area contributed by atoms with Gasteiger partial charge in [0, 0.05) is 0 Å². The van der Waals surface area contributed by atoms with E-state index in [1.165, 1.54) is 0 Å². The normalized spacial score (nSPS) is 6.00. The second kappa shape index (κ2) is 32.6. The number of hydrogen-bond donors (Lipinski definition) is 0. The van der Waals surface area contributed by atoms with Crippen LogP contribution in [0, 0.1) is 0 Å². The largest absolute Gasteiger partial charge is 3.00 e. The average Bonchev–Trinajstić information content (AvgIpc) is 1.88. The first-order chi connectivity index (χ1) is 3.83. The van der Waals surface area contributed by atoms with Crippen LogP contribution in [0.15, 0.2) is 0 Å². The Morgan fingerprint density at radius 1 is 0.900 bits per heavy atom. The molecule has 0 aliphatic carbocycles. The summed E-state index contributed by atoms with van der Waals surface area (Å²) in [5.41, 5.74) is 0. The molecule has 0 saturated carbocycles. The van der Waals surface area contributed by atoms with Crippen molar-refractivity contribution in [2.75, 3.05) is 13.2 Å². The van der Waals surface area contributed by atoms with Crippen molar-refractivity contribution in [3.63, 3.8) is 0 Å². The van der Waals surface area contributed by atoms with Crippen LogP contribution < -0.4 is 22.6 Å². The molecule has 0 aliphatic heterocycles. The van der Waals surface area contributed by atoms with E-state index in [1.54, 1.807) is 0 Å². The van der Waals surface area contributed by atoms with Gasteiger partial charge in [-0.1, -0.05) is 26.7 Å². The van der Waals surface area contributed by atoms with Crippen molar-refractivity contribution in [2.24, 2.45) is 0 Å². The van der Waals surface area contributed by atoms with Crippen LogP contribution in [0.4, 0.5) is 0 Å². The van der Waals surface area contributed by atoms with Crippen molar-refractivity contribution < 1.29 is 44.3 Å². The van der Waals surface area contributed by atoms with Crippen LogP contribution in [-0.4, -0.2) is 13.2 Å². The third kappa shape index (κ3) is 65.5. The van der Waals surface area contributed by atoms with Gasteiger partial charge in [0.05, 0.1) is 0 Å². The molecule has 0 aromatic carbocycles. The molecule has 0 atom stereocenters. The van der Waals surface area contributed by atoms with Crippen LogP contribution in [0.5, 0.6) is 0 Å². The predicted molar refractivity (Wildman–Crippen MR) is 30.3 cm³/mol. The number of halogens is 1. The van der Waals surface area contributed by atoms with Gasteiger partial charge in [0.2, 0.25) is 0 Å². The molecule has 0 aliphatic rings. The van der Waals surface area contributed by atoms with Crippen LogP contribution in [0.1, 0.15) is 26.7 Å². The Labute approximate surface area is 84.3 Å². The molecule has 0 bridgehead atoms. The zero-order chi connectivity index (χ0) is 6.83. The minimum Gasteiger partial charge on any atom is -1.00 e. The van der Waals surface area contributed by atoms with E-state index in [-0.39, 0.29) is 47.3 Å². The molecule has 0 saturated heterocycles. The first-order valence-electron chi connectivity index (χ1n) is 2.99. The molecule has 2 nitrogen and oxygen atoms in total. The molecular formula is C6H14ClO2Ti. The topological polar surface area (TPSA) is 46.1 Å². The minimum atomic E-state index is 0. The summed E-state index contributed by atoms with van der Waals surface area (Å²) < 4.78 is 0. The van der Waals surface area contributed by atoms with Gasteiger partial charge in [-0.15, -0.1) is 13.2 Å². The van der Waals surface area contributed by atoms with E-state index in [2.05, 4.69) is 0 Å². The van der Waals surface area contributed by atoms with Crippen LogP contribution in [0.25, 0.3) is 0 Å². The summed E-state index contributed by atoms with van der Waals surface area (Å²) in [5, 5.41) is 18.6. The van der Waals surface area contributed by atoms with Crippen molar-refractivity contribution in [3.05, 3.63) is 0 Å². The van der Waals surface area contributed by atoms with Gasteiger partial charge in [-0.3, -0.25) is 0 Å². The van der Waals surface area contributed by atoms with Gasteiger partial charge < -0.3 is 22.6 Å². The van der Waals surface area contributed by atoms with E-state index >= 15 is 0 Å². The van der Waals surface area contributed by atoms with Crippen molar-refractivity contribution in [1.82, 2.24) is 0 Å². The van der Waals surface area contributed by atoms with E-state index < -0.39 is 0 Å². The smallest absolute Gasteiger partial charge is 1.00 e. The van der Waals surface area contributed by atoms with E-state index in [4.69, 9.17) is 0 Å². The van der Waals surface area contributed by atoms with Crippen molar-refractivity contribution in [3.8, 4) is 0 Å². The Morgan fingerprint density at radius 2 is 1.00 bits per heavy atom. The molecule has 0 spiro atoms. The molecule has 0 N–H and O–H groups in total. The second-order valence-electron chi connectivity index (χ2n) is 1.41. The maximum Gasteiger partial charge on any atom is 3.00 e. The monoisotopic (exact) mass is 201 g/mol. The summed E-state index contributed by atoms with van der Waals surface area (Å²) in [6, 6.07) is 0. The molecule has 10 heavy (non-hydrogen) atoms. The fourth-order valence-electron chi connectivity index (χ4n) is 0. The molecule has 0 amide bonds. The van der Waals surface area contributed by atoms with Crippen molar-refractivity contribution in [1.29, 1.82) is 0 Å². The fraction of sp³-hybridized carbons (Fsp3) is 1.00. The quantitative estimate of drug-likeness (QED) is 0.436. The summed E-state index contributed by atoms with van der Waals surface area (Å²) in [7, 11) is 0. The zero-order valence-electron chi connectivity index (χ0n) is 6.52. The molecule has 0 rings (SSSR count). The van der Waals surface area contributed by atoms with Crippen LogP contribution in [-0.2, 0) is 21.7 Å². The zero-order valence-corrected chi connectivity index (χ0v) is 8.84.